The maximum absolute atomic E-state index is 5.02. The average molecular weight is 861 g/mol. The van der Waals surface area contributed by atoms with Crippen LogP contribution in [0.5, 0.6) is 0 Å². The summed E-state index contributed by atoms with van der Waals surface area (Å²) in [6, 6.07) is 55.0. The van der Waals surface area contributed by atoms with Crippen molar-refractivity contribution in [3.63, 3.8) is 0 Å². The van der Waals surface area contributed by atoms with Gasteiger partial charge in [0.2, 0.25) is 0 Å². The topological polar surface area (TPSA) is 41.9 Å². The van der Waals surface area contributed by atoms with Crippen molar-refractivity contribution in [1.82, 2.24) is 15.0 Å². The summed E-state index contributed by atoms with van der Waals surface area (Å²) in [5.74, 6) is 2.27. The van der Waals surface area contributed by atoms with Gasteiger partial charge in [-0.15, -0.1) is 0 Å². The van der Waals surface area contributed by atoms with Gasteiger partial charge in [-0.2, -0.15) is 0 Å². The van der Waals surface area contributed by atoms with Gasteiger partial charge in [0.25, 0.3) is 0 Å². The Balaban J connectivity index is 0.944. The van der Waals surface area contributed by atoms with Gasteiger partial charge in [0.1, 0.15) is 0 Å². The van der Waals surface area contributed by atoms with E-state index >= 15 is 0 Å². The largest absolute Gasteiger partial charge is 0.333 e. The molecule has 0 spiro atoms. The van der Waals surface area contributed by atoms with E-state index in [4.69, 9.17) is 15.0 Å². The number of hydrogen-bond donors (Lipinski definition) is 0. The van der Waals surface area contributed by atoms with Gasteiger partial charge in [-0.1, -0.05) is 207 Å². The van der Waals surface area contributed by atoms with E-state index in [0.717, 1.165) is 63.3 Å². The second-order valence-corrected chi connectivity index (χ2v) is 17.1. The van der Waals surface area contributed by atoms with Crippen molar-refractivity contribution in [2.75, 3.05) is 4.90 Å². The van der Waals surface area contributed by atoms with Crippen LogP contribution in [0.25, 0.3) is 84.7 Å². The molecule has 0 bridgehead atoms. The zero-order valence-corrected chi connectivity index (χ0v) is 37.2. The molecule has 8 aromatic rings. The highest BCUT2D eigenvalue weighted by atomic mass is 15.2. The van der Waals surface area contributed by atoms with Crippen LogP contribution in [0.15, 0.2) is 232 Å². The molecule has 0 N–H and O–H groups in total. The number of hydrogen-bond acceptors (Lipinski definition) is 4. The van der Waals surface area contributed by atoms with E-state index in [-0.39, 0.29) is 12.0 Å². The molecular formula is C63H48N4. The van der Waals surface area contributed by atoms with Gasteiger partial charge < -0.3 is 4.90 Å². The lowest BCUT2D eigenvalue weighted by molar-refractivity contribution is 0.745. The molecule has 11 rings (SSSR count). The Morgan fingerprint density at radius 1 is 0.507 bits per heavy atom. The third-order valence-electron chi connectivity index (χ3n) is 13.0. The third kappa shape index (κ3) is 8.04. The van der Waals surface area contributed by atoms with Crippen LogP contribution < -0.4 is 4.90 Å². The fraction of sp³-hybridized carbons (Fsp3) is 0.0635. The summed E-state index contributed by atoms with van der Waals surface area (Å²) in [4.78, 5) is 17.5. The zero-order valence-electron chi connectivity index (χ0n) is 37.2. The normalized spacial score (nSPS) is 16.1. The molecule has 0 amide bonds. The smallest absolute Gasteiger partial charge is 0.164 e. The fourth-order valence-electron chi connectivity index (χ4n) is 9.83. The van der Waals surface area contributed by atoms with Crippen LogP contribution in [-0.4, -0.2) is 21.0 Å². The first-order valence-electron chi connectivity index (χ1n) is 23.0. The van der Waals surface area contributed by atoms with E-state index in [1.54, 1.807) is 0 Å². The predicted molar refractivity (Wildman–Crippen MR) is 283 cm³/mol. The summed E-state index contributed by atoms with van der Waals surface area (Å²) in [5.41, 5.74) is 16.2. The molecule has 1 aliphatic heterocycles. The van der Waals surface area contributed by atoms with Gasteiger partial charge in [0.15, 0.2) is 17.5 Å². The van der Waals surface area contributed by atoms with Crippen LogP contribution in [0.2, 0.25) is 0 Å². The van der Waals surface area contributed by atoms with Gasteiger partial charge >= 0.3 is 0 Å². The molecule has 2 unspecified atom stereocenters. The molecule has 7 aromatic carbocycles. The maximum atomic E-state index is 5.02. The molecule has 320 valence electrons. The molecule has 0 saturated carbocycles. The highest BCUT2D eigenvalue weighted by molar-refractivity contribution is 5.96. The van der Waals surface area contributed by atoms with Crippen molar-refractivity contribution >= 4 is 39.9 Å². The predicted octanol–water partition coefficient (Wildman–Crippen LogP) is 16.2. The Hall–Kier alpha value is -8.47. The van der Waals surface area contributed by atoms with Crippen molar-refractivity contribution in [3.8, 4) is 56.2 Å². The monoisotopic (exact) mass is 860 g/mol. The molecule has 0 fully saturated rings. The van der Waals surface area contributed by atoms with Crippen LogP contribution >= 0.6 is 0 Å². The van der Waals surface area contributed by atoms with E-state index in [0.29, 0.717) is 11.6 Å². The number of aromatic nitrogens is 3. The van der Waals surface area contributed by atoms with Crippen molar-refractivity contribution in [3.05, 3.63) is 254 Å². The molecule has 0 radical (unpaired) electrons. The van der Waals surface area contributed by atoms with E-state index in [9.17, 15) is 0 Å². The minimum Gasteiger partial charge on any atom is -0.333 e. The SMILES string of the molecule is C=C/C=C\c1cc2ccc(-c3ccccc3-c3cccc4c3C3C=CC=CC3N4c3cccc(-c4ccc(-c5nc(C6=CC=CCC6)nc(-c6ccccc6)n5)cc4)c3)cc2cc1/C=C\C=C. The summed E-state index contributed by atoms with van der Waals surface area (Å²) in [6.45, 7) is 7.78. The van der Waals surface area contributed by atoms with Crippen LogP contribution in [0.1, 0.15) is 41.3 Å². The van der Waals surface area contributed by atoms with E-state index in [1.807, 2.05) is 42.5 Å². The molecule has 4 heteroatoms. The molecule has 2 heterocycles. The van der Waals surface area contributed by atoms with Crippen LogP contribution in [0, 0.1) is 0 Å². The van der Waals surface area contributed by atoms with Crippen molar-refractivity contribution in [2.24, 2.45) is 0 Å². The Labute approximate surface area is 393 Å². The Kier molecular flexibility index (Phi) is 11.2. The highest BCUT2D eigenvalue weighted by Gasteiger charge is 2.39. The summed E-state index contributed by atoms with van der Waals surface area (Å²) in [7, 11) is 0. The Morgan fingerprint density at radius 2 is 1.15 bits per heavy atom. The lowest BCUT2D eigenvalue weighted by atomic mass is 9.84. The summed E-state index contributed by atoms with van der Waals surface area (Å²) in [6.07, 6.45) is 29.3. The second kappa shape index (κ2) is 18.2. The molecule has 1 aromatic heterocycles. The zero-order chi connectivity index (χ0) is 45.1. The maximum Gasteiger partial charge on any atom is 0.164 e. The quantitative estimate of drug-likeness (QED) is 0.122. The number of allylic oxidation sites excluding steroid dienone is 10. The van der Waals surface area contributed by atoms with E-state index in [1.165, 1.54) is 44.3 Å². The first kappa shape index (κ1) is 41.2. The van der Waals surface area contributed by atoms with Crippen molar-refractivity contribution in [1.29, 1.82) is 0 Å². The van der Waals surface area contributed by atoms with Crippen LogP contribution in [0.4, 0.5) is 11.4 Å². The number of nitrogens with zero attached hydrogens (tertiary/aromatic N) is 4. The van der Waals surface area contributed by atoms with Crippen LogP contribution in [-0.2, 0) is 0 Å². The van der Waals surface area contributed by atoms with Crippen molar-refractivity contribution in [2.45, 2.75) is 24.8 Å². The minimum atomic E-state index is 0.129. The van der Waals surface area contributed by atoms with Gasteiger partial charge in [-0.05, 0) is 116 Å². The fourth-order valence-corrected chi connectivity index (χ4v) is 9.83. The summed E-state index contributed by atoms with van der Waals surface area (Å²) in [5, 5.41) is 2.38. The molecule has 3 aliphatic rings. The third-order valence-corrected chi connectivity index (χ3v) is 13.0. The highest BCUT2D eigenvalue weighted by Crippen LogP contribution is 2.52. The molecule has 2 atom stereocenters. The van der Waals surface area contributed by atoms with Gasteiger partial charge in [0.05, 0.1) is 6.04 Å². The first-order valence-corrected chi connectivity index (χ1v) is 23.0. The lowest BCUT2D eigenvalue weighted by Crippen LogP contribution is -2.28. The Bertz CT molecular complexity index is 3400. The summed E-state index contributed by atoms with van der Waals surface area (Å²) >= 11 is 0. The van der Waals surface area contributed by atoms with E-state index < -0.39 is 0 Å². The number of rotatable bonds is 11. The molecule has 2 aliphatic carbocycles. The number of fused-ring (bicyclic) bond motifs is 4. The van der Waals surface area contributed by atoms with Gasteiger partial charge in [0, 0.05) is 28.4 Å². The van der Waals surface area contributed by atoms with E-state index in [2.05, 4.69) is 206 Å². The lowest BCUT2D eigenvalue weighted by Gasteiger charge is -2.29. The van der Waals surface area contributed by atoms with Gasteiger partial charge in [-0.25, -0.2) is 15.0 Å². The Morgan fingerprint density at radius 3 is 1.91 bits per heavy atom. The molecular weight excluding hydrogens is 813 g/mol. The minimum absolute atomic E-state index is 0.129. The van der Waals surface area contributed by atoms with Gasteiger partial charge in [-0.3, -0.25) is 0 Å². The summed E-state index contributed by atoms with van der Waals surface area (Å²) < 4.78 is 0. The molecule has 67 heavy (non-hydrogen) atoms. The standard InChI is InChI=1S/C63H48N4/c1-3-5-19-47-39-50-37-38-51(41-52(50)40-48(47)20-6-4-2)54-27-13-14-28-55(54)56-30-18-32-59-60(56)57-29-15-16-31-58(57)67(59)53-26-17-25-49(42-53)43-33-35-46(36-34-43)63-65-61(44-21-9-7-10-22-44)64-62(66-63)45-23-11-8-12-24-45/h3-11,13-23,25-42,57-58H,1-2,12,24H2/b19-5-,20-6-. The number of benzene rings is 7. The molecule has 4 nitrogen and oxygen atoms in total. The van der Waals surface area contributed by atoms with Crippen molar-refractivity contribution < 1.29 is 0 Å². The first-order chi connectivity index (χ1) is 33.1. The van der Waals surface area contributed by atoms with Crippen LogP contribution in [0.3, 0.4) is 0 Å². The second-order valence-electron chi connectivity index (χ2n) is 17.1. The molecule has 0 saturated heterocycles. The average Bonchev–Trinajstić information content (AvgIpc) is 3.74. The number of anilines is 2.